The number of nitrogens with one attached hydrogen (secondary N) is 3. The van der Waals surface area contributed by atoms with Gasteiger partial charge < -0.3 is 30.5 Å². The minimum Gasteiger partial charge on any atom is -0.480 e. The molecule has 2 aromatic carbocycles. The van der Waals surface area contributed by atoms with Crippen LogP contribution in [0.15, 0.2) is 54.6 Å². The monoisotopic (exact) mass is 906 g/mol. The summed E-state index contributed by atoms with van der Waals surface area (Å²) in [6.45, 7) is 5.68. The first kappa shape index (κ1) is 51.5. The molecular formula is C45H62N8O12. The van der Waals surface area contributed by atoms with Crippen molar-refractivity contribution in [3.8, 4) is 0 Å². The van der Waals surface area contributed by atoms with Gasteiger partial charge in [-0.05, 0) is 62.8 Å². The highest BCUT2D eigenvalue weighted by Gasteiger charge is 2.29. The van der Waals surface area contributed by atoms with Crippen molar-refractivity contribution < 1.29 is 57.7 Å². The van der Waals surface area contributed by atoms with E-state index in [1.807, 2.05) is 66.1 Å². The Morgan fingerprint density at radius 2 is 1.58 bits per heavy atom. The number of fused-ring (bicyclic) bond motifs is 1. The van der Waals surface area contributed by atoms with Crippen molar-refractivity contribution >= 4 is 64.0 Å². The summed E-state index contributed by atoms with van der Waals surface area (Å²) in [5, 5.41) is 19.6. The van der Waals surface area contributed by atoms with Crippen LogP contribution in [0.5, 0.6) is 0 Å². The highest BCUT2D eigenvalue weighted by atomic mass is 16.7. The van der Waals surface area contributed by atoms with Crippen LogP contribution in [0.4, 0.5) is 0 Å². The number of unbranched alkanes of at least 4 members (excludes halogenated alkanes) is 1. The average molecular weight is 907 g/mol. The van der Waals surface area contributed by atoms with Gasteiger partial charge in [-0.25, -0.2) is 4.79 Å². The summed E-state index contributed by atoms with van der Waals surface area (Å²) in [5.74, 6) is -5.65. The summed E-state index contributed by atoms with van der Waals surface area (Å²) >= 11 is 0. The van der Waals surface area contributed by atoms with Crippen molar-refractivity contribution in [1.29, 1.82) is 0 Å². The third-order valence-electron chi connectivity index (χ3n) is 11.0. The first-order valence-corrected chi connectivity index (χ1v) is 21.9. The molecule has 2 aliphatic rings. The highest BCUT2D eigenvalue weighted by molar-refractivity contribution is 6.12. The number of carboxylic acid groups (broad SMARTS) is 1. The van der Waals surface area contributed by atoms with E-state index in [0.717, 1.165) is 15.7 Å². The van der Waals surface area contributed by atoms with Crippen LogP contribution < -0.4 is 16.0 Å². The molecule has 2 heterocycles. The number of esters is 2. The highest BCUT2D eigenvalue weighted by Crippen LogP contribution is 2.17. The summed E-state index contributed by atoms with van der Waals surface area (Å²) in [4.78, 5) is 122. The molecule has 0 spiro atoms. The molecule has 2 aliphatic heterocycles. The molecule has 20 nitrogen and oxygen atoms in total. The van der Waals surface area contributed by atoms with Crippen LogP contribution in [0.25, 0.3) is 10.8 Å². The van der Waals surface area contributed by atoms with Gasteiger partial charge in [-0.15, -0.1) is 0 Å². The van der Waals surface area contributed by atoms with Crippen LogP contribution in [0, 0.1) is 0 Å². The summed E-state index contributed by atoms with van der Waals surface area (Å²) < 4.78 is 10.8. The smallest absolute Gasteiger partial charge is 0.326 e. The molecule has 0 bridgehead atoms. The predicted octanol–water partition coefficient (Wildman–Crippen LogP) is -0.459. The quantitative estimate of drug-likeness (QED) is 0.0627. The van der Waals surface area contributed by atoms with E-state index in [1.54, 1.807) is 23.9 Å². The van der Waals surface area contributed by atoms with Gasteiger partial charge in [-0.3, -0.25) is 62.9 Å². The van der Waals surface area contributed by atoms with Crippen LogP contribution in [-0.2, 0) is 59.0 Å². The number of aliphatic carboxylic acids is 1. The average Bonchev–Trinajstić information content (AvgIpc) is 3.57. The number of hydrogen-bond donors (Lipinski definition) is 4. The number of imide groups is 1. The Kier molecular flexibility index (Phi) is 20.6. The van der Waals surface area contributed by atoms with Crippen LogP contribution in [0.2, 0.25) is 0 Å². The number of nitrogens with zero attached hydrogens (tertiary/aromatic N) is 5. The Balaban J connectivity index is 1.32. The Morgan fingerprint density at radius 3 is 2.28 bits per heavy atom. The van der Waals surface area contributed by atoms with Gasteiger partial charge in [0.1, 0.15) is 12.1 Å². The number of hydrogen-bond acceptors (Lipinski definition) is 15. The molecule has 0 saturated carbocycles. The minimum atomic E-state index is -1.36. The Hall–Kier alpha value is -6.09. The van der Waals surface area contributed by atoms with E-state index in [-0.39, 0.29) is 64.2 Å². The minimum absolute atomic E-state index is 0.000206. The number of likely N-dealkylation sites (N-methyl/N-ethyl adjacent to an activating group) is 3. The molecule has 20 heteroatoms. The van der Waals surface area contributed by atoms with E-state index in [1.165, 1.54) is 12.2 Å². The molecule has 0 aromatic heterocycles. The fourth-order valence-corrected chi connectivity index (χ4v) is 7.13. The number of amides is 5. The molecule has 5 amide bonds. The normalized spacial score (nSPS) is 17.4. The second kappa shape index (κ2) is 26.0. The number of carbonyl (C=O) groups is 9. The summed E-state index contributed by atoms with van der Waals surface area (Å²) in [6.07, 6.45) is 1.30. The standard InChI is InChI=1S/C45H62N8O12/c1-5-49(3)29-41(59)64-43-25-34(54)27-50(4)19-20-52(30-42(60)65-43)22-21-51(6-2)28-38(56)46-26-37(55)47-36(24-31-14-15-32-11-7-8-12-33(32)23-31)44(61)48-35(45(62)63)13-9-10-18-53-39(57)16-17-40(53)58/h7-8,11-12,14-17,23,35-36,43H,5-6,9-10,13,18-22,24-30H2,1-4H3,(H,46,56)(H,47,55)(H,48,61)(H,62,63)/t35-,36-,43?/m0/s1. The number of carboxylic acids is 1. The van der Waals surface area contributed by atoms with Crippen molar-refractivity contribution in [2.24, 2.45) is 0 Å². The lowest BCUT2D eigenvalue weighted by Gasteiger charge is -2.27. The summed E-state index contributed by atoms with van der Waals surface area (Å²) in [5.41, 5.74) is 0.695. The maximum atomic E-state index is 13.7. The van der Waals surface area contributed by atoms with Crippen molar-refractivity contribution in [2.45, 2.75) is 64.3 Å². The zero-order valence-electron chi connectivity index (χ0n) is 37.6. The van der Waals surface area contributed by atoms with Crippen molar-refractivity contribution in [1.82, 2.24) is 40.4 Å². The molecule has 4 N–H and O–H groups in total. The van der Waals surface area contributed by atoms with Gasteiger partial charge in [-0.1, -0.05) is 56.3 Å². The summed E-state index contributed by atoms with van der Waals surface area (Å²) in [7, 11) is 3.50. The fraction of sp³-hybridized carbons (Fsp3) is 0.533. The number of ketones is 1. The number of ether oxygens (including phenoxy) is 2. The van der Waals surface area contributed by atoms with E-state index in [9.17, 15) is 48.3 Å². The molecule has 2 aromatic rings. The van der Waals surface area contributed by atoms with E-state index in [0.29, 0.717) is 51.3 Å². The molecular weight excluding hydrogens is 845 g/mol. The molecule has 65 heavy (non-hydrogen) atoms. The maximum Gasteiger partial charge on any atom is 0.326 e. The van der Waals surface area contributed by atoms with Crippen LogP contribution in [0.3, 0.4) is 0 Å². The van der Waals surface area contributed by atoms with Crippen LogP contribution in [-0.4, -0.2) is 194 Å². The number of rotatable bonds is 23. The Morgan fingerprint density at radius 1 is 0.862 bits per heavy atom. The van der Waals surface area contributed by atoms with Gasteiger partial charge >= 0.3 is 17.9 Å². The lowest BCUT2D eigenvalue weighted by molar-refractivity contribution is -0.190. The van der Waals surface area contributed by atoms with Crippen LogP contribution >= 0.6 is 0 Å². The topological polar surface area (TPSA) is 245 Å². The Bertz CT molecular complexity index is 2050. The van der Waals surface area contributed by atoms with Gasteiger partial charge in [0.05, 0.1) is 39.1 Å². The van der Waals surface area contributed by atoms with Crippen molar-refractivity contribution in [3.05, 3.63) is 60.2 Å². The summed E-state index contributed by atoms with van der Waals surface area (Å²) in [6, 6.07) is 10.6. The third-order valence-corrected chi connectivity index (χ3v) is 11.0. The first-order chi connectivity index (χ1) is 31.0. The van der Waals surface area contributed by atoms with Gasteiger partial charge in [-0.2, -0.15) is 0 Å². The van der Waals surface area contributed by atoms with Gasteiger partial charge in [0.2, 0.25) is 17.7 Å². The van der Waals surface area contributed by atoms with Gasteiger partial charge in [0, 0.05) is 51.3 Å². The third kappa shape index (κ3) is 17.8. The molecule has 0 aliphatic carbocycles. The van der Waals surface area contributed by atoms with E-state index < -0.39 is 72.4 Å². The largest absolute Gasteiger partial charge is 0.480 e. The van der Waals surface area contributed by atoms with Crippen LogP contribution in [0.1, 0.15) is 45.1 Å². The molecule has 1 fully saturated rings. The van der Waals surface area contributed by atoms with E-state index in [4.69, 9.17) is 9.47 Å². The second-order valence-electron chi connectivity index (χ2n) is 16.2. The number of benzene rings is 2. The number of Topliss-reactive ketones (excluding diaryl/α,β-unsaturated/α-hetero) is 1. The second-order valence-corrected chi connectivity index (χ2v) is 16.2. The first-order valence-electron chi connectivity index (χ1n) is 21.9. The SMILES string of the molecule is CCN(C)CC(=O)OC1CC(=O)CN(C)CCN(CCN(CC)CC(=O)NCC(=O)N[C@@H](Cc2ccc3ccccc3c2)C(=O)N[C@@H](CCCCN2C(=O)C=CC2=O)C(=O)O)CC(=O)O1. The molecule has 1 saturated heterocycles. The zero-order valence-corrected chi connectivity index (χ0v) is 37.6. The number of carbonyl (C=O) groups excluding carboxylic acids is 8. The Labute approximate surface area is 378 Å². The molecule has 3 atom stereocenters. The number of cyclic esters (lactones) is 1. The van der Waals surface area contributed by atoms with Crippen molar-refractivity contribution in [2.75, 3.05) is 92.6 Å². The molecule has 354 valence electrons. The lowest BCUT2D eigenvalue weighted by atomic mass is 10.0. The van der Waals surface area contributed by atoms with E-state index >= 15 is 0 Å². The van der Waals surface area contributed by atoms with E-state index in [2.05, 4.69) is 16.0 Å². The predicted molar refractivity (Wildman–Crippen MR) is 237 cm³/mol. The molecule has 0 radical (unpaired) electrons. The lowest BCUT2D eigenvalue weighted by Crippen LogP contribution is -2.54. The molecule has 1 unspecified atom stereocenters. The molecule has 4 rings (SSSR count). The fourth-order valence-electron chi connectivity index (χ4n) is 7.13. The zero-order chi connectivity index (χ0) is 47.5. The van der Waals surface area contributed by atoms with Crippen molar-refractivity contribution in [3.63, 3.8) is 0 Å². The van der Waals surface area contributed by atoms with Gasteiger partial charge in [0.25, 0.3) is 18.1 Å². The maximum absolute atomic E-state index is 13.7. The van der Waals surface area contributed by atoms with Gasteiger partial charge in [0.15, 0.2) is 5.78 Å².